The fourth-order valence-corrected chi connectivity index (χ4v) is 4.50. The van der Waals surface area contributed by atoms with Crippen molar-refractivity contribution < 1.29 is 8.42 Å². The molecule has 1 saturated heterocycles. The maximum atomic E-state index is 12.5. The van der Waals surface area contributed by atoms with Gasteiger partial charge in [-0.2, -0.15) is 0 Å². The van der Waals surface area contributed by atoms with E-state index in [9.17, 15) is 8.42 Å². The van der Waals surface area contributed by atoms with Crippen LogP contribution in [0, 0.1) is 5.92 Å². The van der Waals surface area contributed by atoms with Crippen LogP contribution in [0.25, 0.3) is 11.0 Å². The Bertz CT molecular complexity index is 723. The molecule has 1 atom stereocenters. The van der Waals surface area contributed by atoms with Crippen molar-refractivity contribution in [1.29, 1.82) is 0 Å². The van der Waals surface area contributed by atoms with E-state index in [0.29, 0.717) is 25.6 Å². The first kappa shape index (κ1) is 14.5. The fourth-order valence-electron chi connectivity index (χ4n) is 2.93. The maximum Gasteiger partial charge on any atom is 0.215 e. The number of aromatic nitrogens is 2. The van der Waals surface area contributed by atoms with Gasteiger partial charge in [0, 0.05) is 19.6 Å². The molecule has 0 unspecified atom stereocenters. The topological polar surface area (TPSA) is 55.2 Å². The molecule has 0 radical (unpaired) electrons. The summed E-state index contributed by atoms with van der Waals surface area (Å²) in [6.45, 7) is 3.89. The van der Waals surface area contributed by atoms with Crippen molar-refractivity contribution in [3.63, 3.8) is 0 Å². The molecule has 0 N–H and O–H groups in total. The Balaban J connectivity index is 1.71. The predicted octanol–water partition coefficient (Wildman–Crippen LogP) is 2.10. The van der Waals surface area contributed by atoms with E-state index >= 15 is 0 Å². The van der Waals surface area contributed by atoms with E-state index < -0.39 is 10.0 Å². The highest BCUT2D eigenvalue weighted by Gasteiger charge is 2.26. The van der Waals surface area contributed by atoms with Gasteiger partial charge in [-0.15, -0.1) is 0 Å². The van der Waals surface area contributed by atoms with Crippen LogP contribution < -0.4 is 0 Å². The lowest BCUT2D eigenvalue weighted by molar-refractivity contribution is 0.281. The molecule has 1 aromatic carbocycles. The van der Waals surface area contributed by atoms with Crippen molar-refractivity contribution in [2.24, 2.45) is 5.92 Å². The SMILES string of the molecule is C[C@H]1CCCN(S(=O)(=O)CCn2cnc3ccccc32)C1. The molecule has 0 aliphatic carbocycles. The van der Waals surface area contributed by atoms with Gasteiger partial charge < -0.3 is 4.57 Å². The van der Waals surface area contributed by atoms with Gasteiger partial charge in [0.2, 0.25) is 10.0 Å². The Morgan fingerprint density at radius 3 is 2.95 bits per heavy atom. The number of benzene rings is 1. The molecular weight excluding hydrogens is 286 g/mol. The molecule has 1 aliphatic rings. The number of hydrogen-bond donors (Lipinski definition) is 0. The number of sulfonamides is 1. The molecular formula is C15H21N3O2S. The van der Waals surface area contributed by atoms with E-state index in [-0.39, 0.29) is 5.75 Å². The van der Waals surface area contributed by atoms with Crippen LogP contribution in [0.2, 0.25) is 0 Å². The molecule has 114 valence electrons. The second-order valence-corrected chi connectivity index (χ2v) is 7.94. The van der Waals surface area contributed by atoms with Crippen molar-refractivity contribution >= 4 is 21.1 Å². The monoisotopic (exact) mass is 307 g/mol. The molecule has 2 heterocycles. The zero-order valence-electron chi connectivity index (χ0n) is 12.3. The molecule has 0 spiro atoms. The van der Waals surface area contributed by atoms with Crippen LogP contribution in [0.15, 0.2) is 30.6 Å². The van der Waals surface area contributed by atoms with E-state index in [4.69, 9.17) is 0 Å². The molecule has 1 fully saturated rings. The van der Waals surface area contributed by atoms with Crippen LogP contribution in [-0.2, 0) is 16.6 Å². The summed E-state index contributed by atoms with van der Waals surface area (Å²) in [5.41, 5.74) is 1.89. The fraction of sp³-hybridized carbons (Fsp3) is 0.533. The van der Waals surface area contributed by atoms with Crippen LogP contribution in [0.3, 0.4) is 0 Å². The molecule has 3 rings (SSSR count). The largest absolute Gasteiger partial charge is 0.330 e. The zero-order valence-corrected chi connectivity index (χ0v) is 13.1. The lowest BCUT2D eigenvalue weighted by Gasteiger charge is -2.30. The Labute approximate surface area is 125 Å². The van der Waals surface area contributed by atoms with E-state index in [1.807, 2.05) is 28.8 Å². The lowest BCUT2D eigenvalue weighted by Crippen LogP contribution is -2.40. The molecule has 21 heavy (non-hydrogen) atoms. The first-order valence-corrected chi connectivity index (χ1v) is 9.05. The molecule has 0 saturated carbocycles. The highest BCUT2D eigenvalue weighted by molar-refractivity contribution is 7.89. The summed E-state index contributed by atoms with van der Waals surface area (Å²) in [6, 6.07) is 7.79. The number of imidazole rings is 1. The van der Waals surface area contributed by atoms with Gasteiger partial charge in [0.15, 0.2) is 0 Å². The highest BCUT2D eigenvalue weighted by Crippen LogP contribution is 2.19. The Morgan fingerprint density at radius 2 is 2.14 bits per heavy atom. The summed E-state index contributed by atoms with van der Waals surface area (Å²) < 4.78 is 28.5. The van der Waals surface area contributed by atoms with Gasteiger partial charge in [0.05, 0.1) is 23.1 Å². The molecule has 0 bridgehead atoms. The lowest BCUT2D eigenvalue weighted by atomic mass is 10.0. The van der Waals surface area contributed by atoms with Crippen molar-refractivity contribution in [3.8, 4) is 0 Å². The molecule has 2 aromatic rings. The molecule has 1 aromatic heterocycles. The van der Waals surface area contributed by atoms with E-state index in [2.05, 4.69) is 11.9 Å². The van der Waals surface area contributed by atoms with Crippen LogP contribution in [0.4, 0.5) is 0 Å². The molecule has 0 amide bonds. The van der Waals surface area contributed by atoms with Crippen LogP contribution in [0.1, 0.15) is 19.8 Å². The summed E-state index contributed by atoms with van der Waals surface area (Å²) in [4.78, 5) is 4.30. The average molecular weight is 307 g/mol. The van der Waals surface area contributed by atoms with Crippen LogP contribution in [0.5, 0.6) is 0 Å². The third-order valence-corrected chi connectivity index (χ3v) is 5.95. The Hall–Kier alpha value is -1.40. The second-order valence-electron chi connectivity index (χ2n) is 5.85. The quantitative estimate of drug-likeness (QED) is 0.869. The minimum atomic E-state index is -3.18. The maximum absolute atomic E-state index is 12.5. The normalized spacial score (nSPS) is 20.9. The number of aryl methyl sites for hydroxylation is 1. The first-order valence-electron chi connectivity index (χ1n) is 7.44. The number of nitrogens with zero attached hydrogens (tertiary/aromatic N) is 3. The summed E-state index contributed by atoms with van der Waals surface area (Å²) in [5.74, 6) is 0.600. The zero-order chi connectivity index (χ0) is 14.9. The van der Waals surface area contributed by atoms with Gasteiger partial charge in [0.1, 0.15) is 0 Å². The highest BCUT2D eigenvalue weighted by atomic mass is 32.2. The smallest absolute Gasteiger partial charge is 0.215 e. The van der Waals surface area contributed by atoms with Crippen molar-refractivity contribution in [1.82, 2.24) is 13.9 Å². The van der Waals surface area contributed by atoms with Crippen molar-refractivity contribution in [2.45, 2.75) is 26.3 Å². The van der Waals surface area contributed by atoms with Crippen molar-refractivity contribution in [2.75, 3.05) is 18.8 Å². The standard InChI is InChI=1S/C15H21N3O2S/c1-13-5-4-8-18(11-13)21(19,20)10-9-17-12-16-14-6-2-3-7-15(14)17/h2-3,6-7,12-13H,4-5,8-11H2,1H3/t13-/m0/s1. The molecule has 5 nitrogen and oxygen atoms in total. The number of rotatable bonds is 4. The van der Waals surface area contributed by atoms with E-state index in [1.54, 1.807) is 10.6 Å². The number of fused-ring (bicyclic) bond motifs is 1. The Morgan fingerprint density at radius 1 is 1.33 bits per heavy atom. The summed E-state index contributed by atoms with van der Waals surface area (Å²) in [6.07, 6.45) is 3.81. The van der Waals surface area contributed by atoms with Gasteiger partial charge in [-0.25, -0.2) is 17.7 Å². The number of para-hydroxylation sites is 2. The van der Waals surface area contributed by atoms with Gasteiger partial charge in [-0.3, -0.25) is 0 Å². The third-order valence-electron chi connectivity index (χ3n) is 4.13. The summed E-state index contributed by atoms with van der Waals surface area (Å²) >= 11 is 0. The summed E-state index contributed by atoms with van der Waals surface area (Å²) in [7, 11) is -3.18. The van der Waals surface area contributed by atoms with Crippen LogP contribution in [-0.4, -0.2) is 41.1 Å². The van der Waals surface area contributed by atoms with Crippen LogP contribution >= 0.6 is 0 Å². The van der Waals surface area contributed by atoms with Gasteiger partial charge in [-0.1, -0.05) is 19.1 Å². The number of hydrogen-bond acceptors (Lipinski definition) is 3. The van der Waals surface area contributed by atoms with E-state index in [1.165, 1.54) is 0 Å². The second kappa shape index (κ2) is 5.77. The minimum absolute atomic E-state index is 0.139. The van der Waals surface area contributed by atoms with Gasteiger partial charge >= 0.3 is 0 Å². The van der Waals surface area contributed by atoms with E-state index in [0.717, 1.165) is 23.9 Å². The predicted molar refractivity (Wildman–Crippen MR) is 83.5 cm³/mol. The Kier molecular flexibility index (Phi) is 3.99. The first-order chi connectivity index (χ1) is 10.1. The van der Waals surface area contributed by atoms with Gasteiger partial charge in [0.25, 0.3) is 0 Å². The average Bonchev–Trinajstić information content (AvgIpc) is 2.88. The third kappa shape index (κ3) is 3.11. The van der Waals surface area contributed by atoms with Crippen molar-refractivity contribution in [3.05, 3.63) is 30.6 Å². The molecule has 1 aliphatic heterocycles. The van der Waals surface area contributed by atoms with Gasteiger partial charge in [-0.05, 0) is 30.9 Å². The summed E-state index contributed by atoms with van der Waals surface area (Å²) in [5, 5.41) is 0. The molecule has 6 heteroatoms. The minimum Gasteiger partial charge on any atom is -0.330 e. The number of piperidine rings is 1.